The van der Waals surface area contributed by atoms with Crippen LogP contribution in [-0.2, 0) is 4.79 Å². The van der Waals surface area contributed by atoms with Crippen molar-refractivity contribution < 1.29 is 19.4 Å². The maximum atomic E-state index is 11.8. The number of carbonyl (C=O) groups excluding carboxylic acids is 1. The predicted molar refractivity (Wildman–Crippen MR) is 97.0 cm³/mol. The molecule has 2 aromatic carbocycles. The first-order chi connectivity index (χ1) is 11.9. The molecular formula is C17H16Cl2N2O4. The standard InChI is InChI=1S/C17H16Cl2N2O4/c1-10(13-5-4-12(24-2)8-15(13)22)20-21-17(23)9-25-16-6-3-11(18)7-14(16)19/h3-8,22H,9H2,1-2H3,(H,21,23)/b20-10+. The highest BCUT2D eigenvalue weighted by atomic mass is 35.5. The number of rotatable bonds is 6. The lowest BCUT2D eigenvalue weighted by atomic mass is 10.1. The minimum absolute atomic E-state index is 0.000884. The van der Waals surface area contributed by atoms with Crippen molar-refractivity contribution in [3.63, 3.8) is 0 Å². The summed E-state index contributed by atoms with van der Waals surface area (Å²) >= 11 is 11.7. The summed E-state index contributed by atoms with van der Waals surface area (Å²) in [5, 5.41) is 14.7. The lowest BCUT2D eigenvalue weighted by Gasteiger charge is -2.08. The Morgan fingerprint density at radius 1 is 1.24 bits per heavy atom. The van der Waals surface area contributed by atoms with Crippen LogP contribution in [0, 0.1) is 0 Å². The number of nitrogens with zero attached hydrogens (tertiary/aromatic N) is 1. The van der Waals surface area contributed by atoms with Crippen molar-refractivity contribution in [2.24, 2.45) is 5.10 Å². The molecule has 1 amide bonds. The molecule has 0 aliphatic heterocycles. The molecule has 132 valence electrons. The van der Waals surface area contributed by atoms with Crippen molar-refractivity contribution in [3.8, 4) is 17.2 Å². The summed E-state index contributed by atoms with van der Waals surface area (Å²) in [7, 11) is 1.50. The highest BCUT2D eigenvalue weighted by Gasteiger charge is 2.09. The van der Waals surface area contributed by atoms with Crippen molar-refractivity contribution >= 4 is 34.8 Å². The maximum absolute atomic E-state index is 11.8. The first-order valence-corrected chi connectivity index (χ1v) is 7.94. The largest absolute Gasteiger partial charge is 0.507 e. The van der Waals surface area contributed by atoms with Crippen molar-refractivity contribution in [1.82, 2.24) is 5.43 Å². The quantitative estimate of drug-likeness (QED) is 0.590. The first-order valence-electron chi connectivity index (χ1n) is 7.19. The topological polar surface area (TPSA) is 80.2 Å². The van der Waals surface area contributed by atoms with E-state index in [1.54, 1.807) is 31.2 Å². The predicted octanol–water partition coefficient (Wildman–Crippen LogP) is 3.63. The summed E-state index contributed by atoms with van der Waals surface area (Å²) in [4.78, 5) is 11.8. The second kappa shape index (κ2) is 8.60. The summed E-state index contributed by atoms with van der Waals surface area (Å²) < 4.78 is 10.3. The van der Waals surface area contributed by atoms with Crippen molar-refractivity contribution in [1.29, 1.82) is 0 Å². The third-order valence-corrected chi connectivity index (χ3v) is 3.73. The number of nitrogens with one attached hydrogen (secondary N) is 1. The minimum atomic E-state index is -0.474. The van der Waals surface area contributed by atoms with Gasteiger partial charge in [-0.05, 0) is 37.3 Å². The number of amides is 1. The molecule has 2 N–H and O–H groups in total. The Bertz CT molecular complexity index is 809. The third kappa shape index (κ3) is 5.27. The van der Waals surface area contributed by atoms with Gasteiger partial charge in [-0.3, -0.25) is 4.79 Å². The molecule has 0 bridgehead atoms. The molecule has 0 fully saturated rings. The van der Waals surface area contributed by atoms with E-state index in [1.807, 2.05) is 0 Å². The van der Waals surface area contributed by atoms with Crippen LogP contribution in [-0.4, -0.2) is 30.4 Å². The van der Waals surface area contributed by atoms with Gasteiger partial charge in [0.15, 0.2) is 6.61 Å². The van der Waals surface area contributed by atoms with Gasteiger partial charge in [-0.1, -0.05) is 23.2 Å². The minimum Gasteiger partial charge on any atom is -0.507 e. The Hall–Kier alpha value is -2.44. The number of hydrazone groups is 1. The van der Waals surface area contributed by atoms with Crippen molar-refractivity contribution in [2.45, 2.75) is 6.92 Å². The second-order valence-corrected chi connectivity index (χ2v) is 5.82. The average molecular weight is 383 g/mol. The normalized spacial score (nSPS) is 11.1. The van der Waals surface area contributed by atoms with Gasteiger partial charge in [0.05, 0.1) is 17.8 Å². The summed E-state index contributed by atoms with van der Waals surface area (Å²) in [5.74, 6) is 0.387. The molecule has 25 heavy (non-hydrogen) atoms. The van der Waals surface area contributed by atoms with Crippen LogP contribution in [0.4, 0.5) is 0 Å². The molecule has 0 spiro atoms. The van der Waals surface area contributed by atoms with Gasteiger partial charge in [0.25, 0.3) is 5.91 Å². The van der Waals surface area contributed by atoms with Gasteiger partial charge in [0.1, 0.15) is 17.2 Å². The van der Waals surface area contributed by atoms with Crippen LogP contribution in [0.25, 0.3) is 0 Å². The number of benzene rings is 2. The number of hydrogen-bond acceptors (Lipinski definition) is 5. The van der Waals surface area contributed by atoms with Crippen LogP contribution in [0.3, 0.4) is 0 Å². The fraction of sp³-hybridized carbons (Fsp3) is 0.176. The van der Waals surface area contributed by atoms with Gasteiger partial charge in [0, 0.05) is 16.7 Å². The molecule has 6 nitrogen and oxygen atoms in total. The fourth-order valence-corrected chi connectivity index (χ4v) is 2.38. The lowest BCUT2D eigenvalue weighted by Crippen LogP contribution is -2.25. The van der Waals surface area contributed by atoms with Crippen LogP contribution in [0.2, 0.25) is 10.0 Å². The number of halogens is 2. The third-order valence-electron chi connectivity index (χ3n) is 3.20. The molecule has 0 atom stereocenters. The van der Waals surface area contributed by atoms with Gasteiger partial charge in [-0.2, -0.15) is 5.10 Å². The van der Waals surface area contributed by atoms with Gasteiger partial charge in [0.2, 0.25) is 0 Å². The average Bonchev–Trinajstić information content (AvgIpc) is 2.58. The second-order valence-electron chi connectivity index (χ2n) is 4.98. The fourth-order valence-electron chi connectivity index (χ4n) is 1.92. The Labute approximate surface area is 155 Å². The van der Waals surface area contributed by atoms with E-state index in [4.69, 9.17) is 32.7 Å². The number of methoxy groups -OCH3 is 1. The zero-order chi connectivity index (χ0) is 18.4. The van der Waals surface area contributed by atoms with Gasteiger partial charge in [-0.15, -0.1) is 0 Å². The van der Waals surface area contributed by atoms with E-state index in [9.17, 15) is 9.90 Å². The van der Waals surface area contributed by atoms with Crippen LogP contribution in [0.15, 0.2) is 41.5 Å². The first kappa shape index (κ1) is 18.9. The van der Waals surface area contributed by atoms with E-state index in [0.29, 0.717) is 32.8 Å². The maximum Gasteiger partial charge on any atom is 0.277 e. The van der Waals surface area contributed by atoms with Crippen molar-refractivity contribution in [2.75, 3.05) is 13.7 Å². The van der Waals surface area contributed by atoms with Gasteiger partial charge >= 0.3 is 0 Å². The monoisotopic (exact) mass is 382 g/mol. The van der Waals surface area contributed by atoms with Crippen LogP contribution < -0.4 is 14.9 Å². The number of aromatic hydroxyl groups is 1. The zero-order valence-corrected chi connectivity index (χ0v) is 15.1. The van der Waals surface area contributed by atoms with Crippen LogP contribution in [0.1, 0.15) is 12.5 Å². The Morgan fingerprint density at radius 3 is 2.64 bits per heavy atom. The summed E-state index contributed by atoms with van der Waals surface area (Å²) in [6.07, 6.45) is 0. The molecule has 0 saturated heterocycles. The zero-order valence-electron chi connectivity index (χ0n) is 13.5. The molecule has 2 aromatic rings. The molecule has 0 heterocycles. The Kier molecular flexibility index (Phi) is 6.50. The Morgan fingerprint density at radius 2 is 2.00 bits per heavy atom. The number of phenolic OH excluding ortho intramolecular Hbond substituents is 1. The molecule has 0 radical (unpaired) electrons. The van der Waals surface area contributed by atoms with E-state index in [1.165, 1.54) is 19.2 Å². The number of ether oxygens (including phenoxy) is 2. The van der Waals surface area contributed by atoms with Gasteiger partial charge in [-0.25, -0.2) is 5.43 Å². The van der Waals surface area contributed by atoms with E-state index in [-0.39, 0.29) is 12.4 Å². The molecule has 0 aliphatic rings. The van der Waals surface area contributed by atoms with E-state index >= 15 is 0 Å². The van der Waals surface area contributed by atoms with E-state index < -0.39 is 5.91 Å². The van der Waals surface area contributed by atoms with Gasteiger partial charge < -0.3 is 14.6 Å². The SMILES string of the molecule is COc1ccc(/C(C)=N/NC(=O)COc2ccc(Cl)cc2Cl)c(O)c1. The molecule has 2 rings (SSSR count). The van der Waals surface area contributed by atoms with Crippen LogP contribution >= 0.6 is 23.2 Å². The number of hydrogen-bond donors (Lipinski definition) is 2. The summed E-state index contributed by atoms with van der Waals surface area (Å²) in [6.45, 7) is 1.38. The van der Waals surface area contributed by atoms with E-state index in [0.717, 1.165) is 0 Å². The summed E-state index contributed by atoms with van der Waals surface area (Å²) in [6, 6.07) is 9.48. The van der Waals surface area contributed by atoms with Crippen molar-refractivity contribution in [3.05, 3.63) is 52.0 Å². The molecule has 0 aromatic heterocycles. The van der Waals surface area contributed by atoms with E-state index in [2.05, 4.69) is 10.5 Å². The van der Waals surface area contributed by atoms with Crippen LogP contribution in [0.5, 0.6) is 17.2 Å². The molecule has 0 unspecified atom stereocenters. The number of carbonyl (C=O) groups is 1. The number of phenols is 1. The molecule has 8 heteroatoms. The molecule has 0 aliphatic carbocycles. The highest BCUT2D eigenvalue weighted by molar-refractivity contribution is 6.35. The highest BCUT2D eigenvalue weighted by Crippen LogP contribution is 2.27. The smallest absolute Gasteiger partial charge is 0.277 e. The Balaban J connectivity index is 1.95. The molecule has 0 saturated carbocycles. The summed E-state index contributed by atoms with van der Waals surface area (Å²) in [5.41, 5.74) is 3.25. The molecular weight excluding hydrogens is 367 g/mol. The lowest BCUT2D eigenvalue weighted by molar-refractivity contribution is -0.123.